The molecular formula is C15H31N2O5S+. The lowest BCUT2D eigenvalue weighted by Crippen LogP contribution is -2.45. The highest BCUT2D eigenvalue weighted by Gasteiger charge is 2.18. The number of aliphatic carboxylic acids is 1. The van der Waals surface area contributed by atoms with E-state index in [4.69, 9.17) is 9.66 Å². The third-order valence-corrected chi connectivity index (χ3v) is 4.18. The molecule has 8 heteroatoms. The molecule has 0 spiro atoms. The number of likely N-dealkylation sites (N-methyl/N-ethyl adjacent to an activating group) is 2. The molecule has 136 valence electrons. The lowest BCUT2D eigenvalue weighted by atomic mass is 10.3. The Bertz CT molecular complexity index is 464. The van der Waals surface area contributed by atoms with Crippen LogP contribution in [0.5, 0.6) is 0 Å². The highest BCUT2D eigenvalue weighted by molar-refractivity contribution is 7.85. The van der Waals surface area contributed by atoms with Gasteiger partial charge in [-0.15, -0.1) is 0 Å². The number of carboxylic acids is 1. The first-order valence-electron chi connectivity index (χ1n) is 7.28. The van der Waals surface area contributed by atoms with E-state index in [0.29, 0.717) is 17.4 Å². The van der Waals surface area contributed by atoms with E-state index in [9.17, 15) is 13.2 Å². The molecule has 1 unspecified atom stereocenters. The fourth-order valence-corrected chi connectivity index (χ4v) is 2.22. The Morgan fingerprint density at radius 1 is 1.26 bits per heavy atom. The molecule has 0 aromatic heterocycles. The van der Waals surface area contributed by atoms with Gasteiger partial charge in [0.2, 0.25) is 0 Å². The molecule has 0 aliphatic rings. The minimum Gasteiger partial charge on any atom is -0.480 e. The fraction of sp³-hybridized carbons (Fsp3) is 0.667. The average Bonchev–Trinajstić information content (AvgIpc) is 2.37. The maximum atomic E-state index is 10.5. The zero-order chi connectivity index (χ0) is 18.7. The van der Waals surface area contributed by atoms with Gasteiger partial charge in [0, 0.05) is 6.42 Å². The van der Waals surface area contributed by atoms with Crippen LogP contribution in [0, 0.1) is 0 Å². The third kappa shape index (κ3) is 14.1. The SMILES string of the molecule is C=CC[N+](C)(CC=C)CCCS(=O)(=O)O.CC(C(=O)O)N(C)C. The molecule has 0 amide bonds. The number of carbonyl (C=O) groups is 1. The molecular weight excluding hydrogens is 320 g/mol. The number of nitrogens with zero attached hydrogens (tertiary/aromatic N) is 2. The topological polar surface area (TPSA) is 94.9 Å². The van der Waals surface area contributed by atoms with Crippen molar-refractivity contribution >= 4 is 16.1 Å². The predicted molar refractivity (Wildman–Crippen MR) is 93.0 cm³/mol. The van der Waals surface area contributed by atoms with Gasteiger partial charge in [-0.2, -0.15) is 8.42 Å². The van der Waals surface area contributed by atoms with E-state index >= 15 is 0 Å². The number of quaternary nitrogens is 1. The van der Waals surface area contributed by atoms with Gasteiger partial charge < -0.3 is 9.59 Å². The zero-order valence-electron chi connectivity index (χ0n) is 14.6. The molecule has 2 N–H and O–H groups in total. The second kappa shape index (κ2) is 11.3. The van der Waals surface area contributed by atoms with Crippen LogP contribution in [0.3, 0.4) is 0 Å². The van der Waals surface area contributed by atoms with Crippen LogP contribution in [-0.2, 0) is 14.9 Å². The molecule has 0 aromatic rings. The van der Waals surface area contributed by atoms with Crippen molar-refractivity contribution in [2.45, 2.75) is 19.4 Å². The molecule has 0 bridgehead atoms. The van der Waals surface area contributed by atoms with Crippen LogP contribution in [0.2, 0.25) is 0 Å². The minimum atomic E-state index is -3.84. The average molecular weight is 351 g/mol. The molecule has 0 aliphatic heterocycles. The van der Waals surface area contributed by atoms with E-state index < -0.39 is 16.1 Å². The first-order valence-corrected chi connectivity index (χ1v) is 8.89. The standard InChI is InChI=1S/C10H19NO3S.C5H11NO2/c1-4-7-11(3,8-5-2)9-6-10-15(12,13)14;1-4(5(7)8)6(2)3/h4-5H,1-2,6-10H2,3H3;4H,1-3H3,(H,7,8)/p+1. The number of rotatable bonds is 10. The summed E-state index contributed by atoms with van der Waals surface area (Å²) in [4.78, 5) is 11.7. The number of carboxylic acid groups (broad SMARTS) is 1. The van der Waals surface area contributed by atoms with E-state index in [2.05, 4.69) is 13.2 Å². The number of hydrogen-bond acceptors (Lipinski definition) is 4. The maximum Gasteiger partial charge on any atom is 0.320 e. The largest absolute Gasteiger partial charge is 0.480 e. The fourth-order valence-electron chi connectivity index (χ4n) is 1.73. The molecule has 0 rings (SSSR count). The van der Waals surface area contributed by atoms with Crippen molar-refractivity contribution < 1.29 is 27.4 Å². The first kappa shape index (κ1) is 24.0. The van der Waals surface area contributed by atoms with Crippen LogP contribution in [0.15, 0.2) is 25.3 Å². The van der Waals surface area contributed by atoms with Crippen LogP contribution >= 0.6 is 0 Å². The van der Waals surface area contributed by atoms with E-state index in [-0.39, 0.29) is 11.8 Å². The van der Waals surface area contributed by atoms with E-state index in [1.165, 1.54) is 0 Å². The van der Waals surface area contributed by atoms with Gasteiger partial charge in [-0.3, -0.25) is 14.2 Å². The normalized spacial score (nSPS) is 13.0. The van der Waals surface area contributed by atoms with Gasteiger partial charge in [0.15, 0.2) is 0 Å². The highest BCUT2D eigenvalue weighted by atomic mass is 32.2. The third-order valence-electron chi connectivity index (χ3n) is 3.37. The lowest BCUT2D eigenvalue weighted by molar-refractivity contribution is -0.898. The van der Waals surface area contributed by atoms with Gasteiger partial charge in [-0.1, -0.05) is 13.2 Å². The van der Waals surface area contributed by atoms with Crippen molar-refractivity contribution in [1.29, 1.82) is 0 Å². The monoisotopic (exact) mass is 351 g/mol. The first-order chi connectivity index (χ1) is 10.4. The quantitative estimate of drug-likeness (QED) is 0.348. The van der Waals surface area contributed by atoms with E-state index in [0.717, 1.165) is 13.1 Å². The second-order valence-corrected chi connectivity index (χ2v) is 7.48. The zero-order valence-corrected chi connectivity index (χ0v) is 15.4. The van der Waals surface area contributed by atoms with E-state index in [1.54, 1.807) is 38.1 Å². The Morgan fingerprint density at radius 3 is 1.91 bits per heavy atom. The summed E-state index contributed by atoms with van der Waals surface area (Å²) in [5, 5.41) is 8.31. The van der Waals surface area contributed by atoms with Crippen molar-refractivity contribution in [2.75, 3.05) is 46.5 Å². The number of hydrogen-bond donors (Lipinski definition) is 2. The van der Waals surface area contributed by atoms with Crippen molar-refractivity contribution in [3.63, 3.8) is 0 Å². The Morgan fingerprint density at radius 2 is 1.70 bits per heavy atom. The van der Waals surface area contributed by atoms with Crippen molar-refractivity contribution in [2.24, 2.45) is 0 Å². The molecule has 0 fully saturated rings. The summed E-state index contributed by atoms with van der Waals surface area (Å²) in [5.41, 5.74) is 0. The summed E-state index contributed by atoms with van der Waals surface area (Å²) in [6.45, 7) is 11.2. The molecule has 0 saturated heterocycles. The summed E-state index contributed by atoms with van der Waals surface area (Å²) in [6, 6.07) is -0.380. The van der Waals surface area contributed by atoms with Crippen LogP contribution in [0.4, 0.5) is 0 Å². The van der Waals surface area contributed by atoms with Crippen molar-refractivity contribution in [3.8, 4) is 0 Å². The van der Waals surface area contributed by atoms with Crippen molar-refractivity contribution in [3.05, 3.63) is 25.3 Å². The van der Waals surface area contributed by atoms with Gasteiger partial charge in [0.1, 0.15) is 6.04 Å². The Balaban J connectivity index is 0. The molecule has 0 aromatic carbocycles. The van der Waals surface area contributed by atoms with Crippen LogP contribution in [-0.4, -0.2) is 86.0 Å². The summed E-state index contributed by atoms with van der Waals surface area (Å²) in [5.74, 6) is -0.968. The smallest absolute Gasteiger partial charge is 0.320 e. The summed E-state index contributed by atoms with van der Waals surface area (Å²) in [7, 11) is 1.64. The maximum absolute atomic E-state index is 10.5. The Hall–Kier alpha value is -1.22. The molecule has 0 radical (unpaired) electrons. The van der Waals surface area contributed by atoms with Gasteiger partial charge >= 0.3 is 5.97 Å². The minimum absolute atomic E-state index is 0.185. The van der Waals surface area contributed by atoms with Gasteiger partial charge in [0.25, 0.3) is 10.1 Å². The molecule has 0 aliphatic carbocycles. The second-order valence-electron chi connectivity index (χ2n) is 5.90. The molecule has 23 heavy (non-hydrogen) atoms. The summed E-state index contributed by atoms with van der Waals surface area (Å²) < 4.78 is 30.4. The van der Waals surface area contributed by atoms with Crippen LogP contribution in [0.1, 0.15) is 13.3 Å². The van der Waals surface area contributed by atoms with Crippen molar-refractivity contribution in [1.82, 2.24) is 4.90 Å². The molecule has 0 heterocycles. The summed E-state index contributed by atoms with van der Waals surface area (Å²) in [6.07, 6.45) is 4.05. The summed E-state index contributed by atoms with van der Waals surface area (Å²) >= 11 is 0. The van der Waals surface area contributed by atoms with Crippen LogP contribution < -0.4 is 0 Å². The Kier molecular flexibility index (Phi) is 11.8. The van der Waals surface area contributed by atoms with Gasteiger partial charge in [-0.05, 0) is 33.2 Å². The molecule has 1 atom stereocenters. The van der Waals surface area contributed by atoms with E-state index in [1.807, 2.05) is 7.05 Å². The lowest BCUT2D eigenvalue weighted by Gasteiger charge is -2.32. The molecule has 0 saturated carbocycles. The highest BCUT2D eigenvalue weighted by Crippen LogP contribution is 2.05. The van der Waals surface area contributed by atoms with Gasteiger partial charge in [0.05, 0.1) is 32.4 Å². The molecule has 7 nitrogen and oxygen atoms in total. The van der Waals surface area contributed by atoms with Crippen LogP contribution in [0.25, 0.3) is 0 Å². The predicted octanol–water partition coefficient (Wildman–Crippen LogP) is 1.10. The Labute approximate surface area is 140 Å². The van der Waals surface area contributed by atoms with Gasteiger partial charge in [-0.25, -0.2) is 0 Å².